The zero-order valence-electron chi connectivity index (χ0n) is 8.48. The molecular weight excluding hydrogens is 236 g/mol. The summed E-state index contributed by atoms with van der Waals surface area (Å²) in [5, 5.41) is 5.37. The molecule has 0 aliphatic carbocycles. The highest BCUT2D eigenvalue weighted by atomic mass is 35.5. The first-order valence-corrected chi connectivity index (χ1v) is 6.32. The molecule has 0 bridgehead atoms. The third kappa shape index (κ3) is 1.62. The Bertz CT molecular complexity index is 640. The fourth-order valence-corrected chi connectivity index (χ4v) is 2.99. The normalized spacial score (nSPS) is 10.8. The number of benzene rings is 2. The molecular formula is C14H9ClS. The quantitative estimate of drug-likeness (QED) is 0.550. The van der Waals surface area contributed by atoms with Gasteiger partial charge in [-0.3, -0.25) is 0 Å². The first kappa shape index (κ1) is 9.88. The van der Waals surface area contributed by atoms with E-state index in [9.17, 15) is 0 Å². The molecule has 1 aromatic heterocycles. The van der Waals surface area contributed by atoms with E-state index in [0.717, 1.165) is 9.90 Å². The molecule has 0 aliphatic heterocycles. The summed E-state index contributed by atoms with van der Waals surface area (Å²) in [5.41, 5.74) is 1.19. The first-order valence-electron chi connectivity index (χ1n) is 5.07. The largest absolute Gasteiger partial charge is 0.142 e. The van der Waals surface area contributed by atoms with Gasteiger partial charge in [-0.05, 0) is 33.8 Å². The summed E-state index contributed by atoms with van der Waals surface area (Å²) in [4.78, 5) is 1.15. The Balaban J connectivity index is 2.23. The van der Waals surface area contributed by atoms with Crippen molar-refractivity contribution in [1.82, 2.24) is 0 Å². The van der Waals surface area contributed by atoms with Gasteiger partial charge in [0, 0.05) is 0 Å². The smallest absolute Gasteiger partial charge is 0.0592 e. The number of fused-ring (bicyclic) bond motifs is 1. The van der Waals surface area contributed by atoms with Crippen molar-refractivity contribution in [2.75, 3.05) is 0 Å². The van der Waals surface area contributed by atoms with E-state index in [1.165, 1.54) is 16.3 Å². The lowest BCUT2D eigenvalue weighted by molar-refractivity contribution is 1.73. The Morgan fingerprint density at radius 1 is 0.875 bits per heavy atom. The lowest BCUT2D eigenvalue weighted by atomic mass is 10.1. The number of rotatable bonds is 1. The average Bonchev–Trinajstić information content (AvgIpc) is 2.75. The molecule has 0 unspecified atom stereocenters. The molecule has 0 radical (unpaired) electrons. The van der Waals surface area contributed by atoms with E-state index in [-0.39, 0.29) is 0 Å². The van der Waals surface area contributed by atoms with E-state index < -0.39 is 0 Å². The second-order valence-corrected chi connectivity index (χ2v) is 4.98. The molecule has 16 heavy (non-hydrogen) atoms. The summed E-state index contributed by atoms with van der Waals surface area (Å²) >= 11 is 7.82. The van der Waals surface area contributed by atoms with Crippen molar-refractivity contribution in [3.63, 3.8) is 0 Å². The number of thiophene rings is 1. The van der Waals surface area contributed by atoms with Crippen LogP contribution < -0.4 is 0 Å². The Hall–Kier alpha value is -1.31. The van der Waals surface area contributed by atoms with Crippen molar-refractivity contribution in [2.45, 2.75) is 0 Å². The van der Waals surface area contributed by atoms with Gasteiger partial charge in [0.2, 0.25) is 0 Å². The molecule has 0 N–H and O–H groups in total. The molecule has 2 heteroatoms. The minimum Gasteiger partial charge on any atom is -0.142 e. The zero-order chi connectivity index (χ0) is 11.0. The van der Waals surface area contributed by atoms with Crippen molar-refractivity contribution in [2.24, 2.45) is 0 Å². The molecule has 2 aromatic carbocycles. The maximum atomic E-state index is 6.14. The van der Waals surface area contributed by atoms with Crippen LogP contribution in [0.3, 0.4) is 0 Å². The molecule has 3 aromatic rings. The van der Waals surface area contributed by atoms with E-state index >= 15 is 0 Å². The van der Waals surface area contributed by atoms with Crippen LogP contribution in [0, 0.1) is 0 Å². The van der Waals surface area contributed by atoms with E-state index in [2.05, 4.69) is 42.5 Å². The lowest BCUT2D eigenvalue weighted by Crippen LogP contribution is -1.75. The Morgan fingerprint density at radius 3 is 2.44 bits per heavy atom. The van der Waals surface area contributed by atoms with Crippen molar-refractivity contribution in [3.8, 4) is 10.4 Å². The van der Waals surface area contributed by atoms with Gasteiger partial charge in [-0.1, -0.05) is 48.0 Å². The number of halogens is 1. The number of hydrogen-bond donors (Lipinski definition) is 0. The molecule has 0 amide bonds. The minimum atomic E-state index is 0.834. The molecule has 78 valence electrons. The number of hydrogen-bond acceptors (Lipinski definition) is 1. The predicted molar refractivity (Wildman–Crippen MR) is 72.3 cm³/mol. The highest BCUT2D eigenvalue weighted by molar-refractivity contribution is 7.14. The maximum Gasteiger partial charge on any atom is 0.0592 e. The molecule has 0 atom stereocenters. The van der Waals surface area contributed by atoms with Crippen LogP contribution in [0.25, 0.3) is 21.2 Å². The topological polar surface area (TPSA) is 0 Å². The van der Waals surface area contributed by atoms with Gasteiger partial charge in [-0.2, -0.15) is 0 Å². The fraction of sp³-hybridized carbons (Fsp3) is 0. The molecule has 0 fully saturated rings. The van der Waals surface area contributed by atoms with E-state index in [4.69, 9.17) is 11.6 Å². The second kappa shape index (κ2) is 3.93. The Kier molecular flexibility index (Phi) is 2.43. The van der Waals surface area contributed by atoms with Gasteiger partial charge in [-0.15, -0.1) is 11.3 Å². The van der Waals surface area contributed by atoms with Crippen LogP contribution >= 0.6 is 22.9 Å². The molecule has 0 saturated carbocycles. The maximum absolute atomic E-state index is 6.14. The van der Waals surface area contributed by atoms with Gasteiger partial charge < -0.3 is 0 Å². The van der Waals surface area contributed by atoms with Crippen molar-refractivity contribution in [3.05, 3.63) is 58.9 Å². The predicted octanol–water partition coefficient (Wildman–Crippen LogP) is 5.22. The molecule has 0 spiro atoms. The van der Waals surface area contributed by atoms with E-state index in [1.54, 1.807) is 11.3 Å². The van der Waals surface area contributed by atoms with Crippen LogP contribution in [0.2, 0.25) is 5.02 Å². The van der Waals surface area contributed by atoms with Crippen LogP contribution in [0.15, 0.2) is 53.9 Å². The van der Waals surface area contributed by atoms with Crippen LogP contribution in [-0.4, -0.2) is 0 Å². The van der Waals surface area contributed by atoms with E-state index in [1.807, 2.05) is 11.4 Å². The Labute approximate surface area is 103 Å². The van der Waals surface area contributed by atoms with Crippen molar-refractivity contribution < 1.29 is 0 Å². The second-order valence-electron chi connectivity index (χ2n) is 3.66. The van der Waals surface area contributed by atoms with Gasteiger partial charge in [0.25, 0.3) is 0 Å². The molecule has 1 heterocycles. The summed E-state index contributed by atoms with van der Waals surface area (Å²) in [6.07, 6.45) is 0. The SMILES string of the molecule is Clc1ccsc1-c1ccc2ccccc2c1. The summed E-state index contributed by atoms with van der Waals surface area (Å²) in [7, 11) is 0. The molecule has 0 aliphatic rings. The highest BCUT2D eigenvalue weighted by Gasteiger charge is 2.05. The summed E-state index contributed by atoms with van der Waals surface area (Å²) in [6.45, 7) is 0. The van der Waals surface area contributed by atoms with Gasteiger partial charge in [0.15, 0.2) is 0 Å². The van der Waals surface area contributed by atoms with Crippen LogP contribution in [-0.2, 0) is 0 Å². The van der Waals surface area contributed by atoms with Crippen LogP contribution in [0.4, 0.5) is 0 Å². The fourth-order valence-electron chi connectivity index (χ4n) is 1.83. The van der Waals surface area contributed by atoms with Crippen molar-refractivity contribution in [1.29, 1.82) is 0 Å². The van der Waals surface area contributed by atoms with Gasteiger partial charge in [-0.25, -0.2) is 0 Å². The van der Waals surface area contributed by atoms with Gasteiger partial charge in [0.05, 0.1) is 9.90 Å². The third-order valence-corrected chi connectivity index (χ3v) is 4.02. The average molecular weight is 245 g/mol. The molecule has 3 rings (SSSR count). The molecule has 0 saturated heterocycles. The summed E-state index contributed by atoms with van der Waals surface area (Å²) < 4.78 is 0. The van der Waals surface area contributed by atoms with Gasteiger partial charge >= 0.3 is 0 Å². The molecule has 0 nitrogen and oxygen atoms in total. The van der Waals surface area contributed by atoms with Gasteiger partial charge in [0.1, 0.15) is 0 Å². The highest BCUT2D eigenvalue weighted by Crippen LogP contribution is 2.34. The standard InChI is InChI=1S/C14H9ClS/c15-13-7-8-16-14(13)12-6-5-10-3-1-2-4-11(10)9-12/h1-9H. The summed E-state index contributed by atoms with van der Waals surface area (Å²) in [6, 6.07) is 16.8. The van der Waals surface area contributed by atoms with Crippen LogP contribution in [0.5, 0.6) is 0 Å². The zero-order valence-corrected chi connectivity index (χ0v) is 10.1. The Morgan fingerprint density at radius 2 is 1.69 bits per heavy atom. The van der Waals surface area contributed by atoms with Crippen LogP contribution in [0.1, 0.15) is 0 Å². The minimum absolute atomic E-state index is 0.834. The summed E-state index contributed by atoms with van der Waals surface area (Å²) in [5.74, 6) is 0. The monoisotopic (exact) mass is 244 g/mol. The first-order chi connectivity index (χ1) is 7.84. The van der Waals surface area contributed by atoms with Crippen molar-refractivity contribution >= 4 is 33.7 Å². The van der Waals surface area contributed by atoms with E-state index in [0.29, 0.717) is 0 Å². The lowest BCUT2D eigenvalue weighted by Gasteiger charge is -2.02. The third-order valence-electron chi connectivity index (χ3n) is 2.63.